The number of rotatable bonds is 4. The summed E-state index contributed by atoms with van der Waals surface area (Å²) < 4.78 is 16.9. The van der Waals surface area contributed by atoms with Crippen molar-refractivity contribution < 1.29 is 23.8 Å². The highest BCUT2D eigenvalue weighted by Crippen LogP contribution is 2.08. The van der Waals surface area contributed by atoms with Crippen LogP contribution in [0.3, 0.4) is 0 Å². The van der Waals surface area contributed by atoms with Crippen LogP contribution in [0.2, 0.25) is 0 Å². The van der Waals surface area contributed by atoms with Gasteiger partial charge in [-0.05, 0) is 0 Å². The number of carbonyl (C=O) groups is 2. The maximum Gasteiger partial charge on any atom is 0.384 e. The van der Waals surface area contributed by atoms with Crippen molar-refractivity contribution in [1.29, 1.82) is 0 Å². The van der Waals surface area contributed by atoms with E-state index in [-0.39, 0.29) is 12.0 Å². The highest BCUT2D eigenvalue weighted by atomic mass is 19.3. The fourth-order valence-corrected chi connectivity index (χ4v) is 1.36. The van der Waals surface area contributed by atoms with Gasteiger partial charge in [-0.15, -0.1) is 0 Å². The van der Waals surface area contributed by atoms with Crippen molar-refractivity contribution in [1.82, 2.24) is 4.90 Å². The standard InChI is InChI=1S/C10H14FNO4/c1-2-9(13)8(10(14)16-11)7-12-3-5-15-6-4-12/h7H,2-6H2,1H3. The quantitative estimate of drug-likeness (QED) is 0.403. The Morgan fingerprint density at radius 2 is 2.06 bits per heavy atom. The van der Waals surface area contributed by atoms with Crippen LogP contribution in [-0.2, 0) is 19.3 Å². The van der Waals surface area contributed by atoms with E-state index in [4.69, 9.17) is 4.74 Å². The molecule has 1 rings (SSSR count). The maximum absolute atomic E-state index is 11.8. The highest BCUT2D eigenvalue weighted by molar-refractivity contribution is 6.16. The molecule has 1 aliphatic rings. The zero-order chi connectivity index (χ0) is 12.0. The summed E-state index contributed by atoms with van der Waals surface area (Å²) in [6.45, 7) is 3.78. The lowest BCUT2D eigenvalue weighted by Crippen LogP contribution is -2.33. The van der Waals surface area contributed by atoms with Crippen molar-refractivity contribution in [2.24, 2.45) is 0 Å². The Balaban J connectivity index is 2.77. The molecule has 0 aromatic rings. The van der Waals surface area contributed by atoms with Crippen molar-refractivity contribution >= 4 is 11.8 Å². The summed E-state index contributed by atoms with van der Waals surface area (Å²) in [5, 5.41) is 0. The molecule has 0 radical (unpaired) electrons. The number of carbonyl (C=O) groups excluding carboxylic acids is 2. The van der Waals surface area contributed by atoms with E-state index in [1.807, 2.05) is 0 Å². The van der Waals surface area contributed by atoms with E-state index >= 15 is 0 Å². The first kappa shape index (κ1) is 12.6. The average Bonchev–Trinajstić information content (AvgIpc) is 2.35. The number of ether oxygens (including phenoxy) is 1. The summed E-state index contributed by atoms with van der Waals surface area (Å²) >= 11 is 0. The van der Waals surface area contributed by atoms with Gasteiger partial charge < -0.3 is 9.64 Å². The van der Waals surface area contributed by atoms with Crippen LogP contribution >= 0.6 is 0 Å². The van der Waals surface area contributed by atoms with E-state index in [1.54, 1.807) is 11.8 Å². The smallest absolute Gasteiger partial charge is 0.378 e. The van der Waals surface area contributed by atoms with Crippen molar-refractivity contribution in [2.75, 3.05) is 26.3 Å². The molecule has 6 heteroatoms. The Kier molecular flexibility index (Phi) is 4.91. The number of hydrogen-bond donors (Lipinski definition) is 0. The Morgan fingerprint density at radius 3 is 2.56 bits per heavy atom. The van der Waals surface area contributed by atoms with Crippen molar-refractivity contribution in [3.63, 3.8) is 0 Å². The van der Waals surface area contributed by atoms with E-state index in [0.717, 1.165) is 0 Å². The second-order valence-corrected chi connectivity index (χ2v) is 3.33. The third kappa shape index (κ3) is 3.30. The van der Waals surface area contributed by atoms with E-state index < -0.39 is 11.8 Å². The van der Waals surface area contributed by atoms with Gasteiger partial charge >= 0.3 is 5.97 Å². The summed E-state index contributed by atoms with van der Waals surface area (Å²) in [4.78, 5) is 27.3. The minimum Gasteiger partial charge on any atom is -0.378 e. The van der Waals surface area contributed by atoms with E-state index in [9.17, 15) is 14.1 Å². The predicted molar refractivity (Wildman–Crippen MR) is 53.0 cm³/mol. The Hall–Kier alpha value is -1.43. The third-order valence-corrected chi connectivity index (χ3v) is 2.27. The molecule has 1 heterocycles. The fraction of sp³-hybridized carbons (Fsp3) is 0.600. The van der Waals surface area contributed by atoms with Gasteiger partial charge in [0, 0.05) is 30.2 Å². The summed E-state index contributed by atoms with van der Waals surface area (Å²) in [7, 11) is 0. The lowest BCUT2D eigenvalue weighted by molar-refractivity contribution is -0.178. The second-order valence-electron chi connectivity index (χ2n) is 3.33. The molecule has 90 valence electrons. The first-order valence-electron chi connectivity index (χ1n) is 5.08. The van der Waals surface area contributed by atoms with Gasteiger partial charge in [-0.2, -0.15) is 0 Å². The molecule has 0 aromatic heterocycles. The molecule has 16 heavy (non-hydrogen) atoms. The maximum atomic E-state index is 11.8. The van der Waals surface area contributed by atoms with Crippen LogP contribution < -0.4 is 0 Å². The fourth-order valence-electron chi connectivity index (χ4n) is 1.36. The van der Waals surface area contributed by atoms with Gasteiger partial charge in [0.25, 0.3) is 0 Å². The first-order valence-corrected chi connectivity index (χ1v) is 5.08. The van der Waals surface area contributed by atoms with Crippen LogP contribution in [-0.4, -0.2) is 43.0 Å². The molecule has 0 aliphatic carbocycles. The van der Waals surface area contributed by atoms with Crippen molar-refractivity contribution in [3.05, 3.63) is 11.8 Å². The van der Waals surface area contributed by atoms with Crippen LogP contribution in [0, 0.1) is 0 Å². The van der Waals surface area contributed by atoms with Crippen LogP contribution in [0.15, 0.2) is 11.8 Å². The predicted octanol–water partition coefficient (Wildman–Crippen LogP) is 0.609. The lowest BCUT2D eigenvalue weighted by Gasteiger charge is -2.25. The number of ketones is 1. The van der Waals surface area contributed by atoms with Crippen molar-refractivity contribution in [2.45, 2.75) is 13.3 Å². The van der Waals surface area contributed by atoms with E-state index in [0.29, 0.717) is 26.3 Å². The van der Waals surface area contributed by atoms with Gasteiger partial charge in [0.05, 0.1) is 13.2 Å². The highest BCUT2D eigenvalue weighted by Gasteiger charge is 2.21. The summed E-state index contributed by atoms with van der Waals surface area (Å²) in [6, 6.07) is 0. The molecule has 1 saturated heterocycles. The van der Waals surface area contributed by atoms with E-state index in [2.05, 4.69) is 4.94 Å². The molecule has 1 fully saturated rings. The van der Waals surface area contributed by atoms with Gasteiger partial charge in [0.1, 0.15) is 5.57 Å². The normalized spacial score (nSPS) is 17.1. The molecule has 5 nitrogen and oxygen atoms in total. The molecule has 0 amide bonds. The van der Waals surface area contributed by atoms with Gasteiger partial charge in [-0.3, -0.25) is 4.79 Å². The number of nitrogens with zero attached hydrogens (tertiary/aromatic N) is 1. The van der Waals surface area contributed by atoms with Gasteiger partial charge in [0.15, 0.2) is 5.78 Å². The molecule has 0 N–H and O–H groups in total. The average molecular weight is 231 g/mol. The number of morpholine rings is 1. The summed E-state index contributed by atoms with van der Waals surface area (Å²) in [5.41, 5.74) is -0.257. The SMILES string of the molecule is CCC(=O)C(=CN1CCOCC1)C(=O)OF. The van der Waals surface area contributed by atoms with E-state index in [1.165, 1.54) is 6.20 Å². The Labute approximate surface area is 92.7 Å². The van der Waals surface area contributed by atoms with Crippen LogP contribution in [0.1, 0.15) is 13.3 Å². The van der Waals surface area contributed by atoms with Crippen molar-refractivity contribution in [3.8, 4) is 0 Å². The number of Topliss-reactive ketones (excluding diaryl/α,β-unsaturated/α-hetero) is 1. The minimum absolute atomic E-state index is 0.130. The molecule has 0 spiro atoms. The number of halogens is 1. The molecule has 0 bridgehead atoms. The molecule has 0 atom stereocenters. The Morgan fingerprint density at radius 1 is 1.44 bits per heavy atom. The molecule has 0 saturated carbocycles. The van der Waals surface area contributed by atoms with Gasteiger partial charge in [0.2, 0.25) is 0 Å². The van der Waals surface area contributed by atoms with Gasteiger partial charge in [-0.25, -0.2) is 9.74 Å². The first-order chi connectivity index (χ1) is 7.69. The third-order valence-electron chi connectivity index (χ3n) is 2.27. The van der Waals surface area contributed by atoms with Crippen LogP contribution in [0.4, 0.5) is 4.53 Å². The topological polar surface area (TPSA) is 55.8 Å². The van der Waals surface area contributed by atoms with Gasteiger partial charge in [-0.1, -0.05) is 6.92 Å². The zero-order valence-corrected chi connectivity index (χ0v) is 9.07. The summed E-state index contributed by atoms with van der Waals surface area (Å²) in [5.74, 6) is -1.67. The second kappa shape index (κ2) is 6.22. The van der Waals surface area contributed by atoms with Crippen LogP contribution in [0.25, 0.3) is 0 Å². The molecular weight excluding hydrogens is 217 g/mol. The number of hydrogen-bond acceptors (Lipinski definition) is 5. The monoisotopic (exact) mass is 231 g/mol. The largest absolute Gasteiger partial charge is 0.384 e. The molecule has 0 aromatic carbocycles. The molecular formula is C10H14FNO4. The molecule has 0 unspecified atom stereocenters. The lowest BCUT2D eigenvalue weighted by atomic mass is 10.1. The summed E-state index contributed by atoms with van der Waals surface area (Å²) in [6.07, 6.45) is 1.47. The molecule has 1 aliphatic heterocycles. The minimum atomic E-state index is -1.24. The zero-order valence-electron chi connectivity index (χ0n) is 9.07. The Bertz CT molecular complexity index is 279. The van der Waals surface area contributed by atoms with Crippen LogP contribution in [0.5, 0.6) is 0 Å².